The molecule has 1 aliphatic carbocycles. The van der Waals surface area contributed by atoms with Crippen LogP contribution in [0.5, 0.6) is 0 Å². The highest BCUT2D eigenvalue weighted by Crippen LogP contribution is 2.38. The van der Waals surface area contributed by atoms with Crippen LogP contribution in [-0.4, -0.2) is 37.4 Å². The van der Waals surface area contributed by atoms with Crippen LogP contribution in [0, 0.1) is 11.3 Å². The highest BCUT2D eigenvalue weighted by Gasteiger charge is 2.29. The molecule has 2 aliphatic rings. The first-order chi connectivity index (χ1) is 16.0. The van der Waals surface area contributed by atoms with Gasteiger partial charge >= 0.3 is 6.09 Å². The van der Waals surface area contributed by atoms with E-state index in [0.29, 0.717) is 49.5 Å². The van der Waals surface area contributed by atoms with Gasteiger partial charge in [-0.2, -0.15) is 5.26 Å². The van der Waals surface area contributed by atoms with Crippen molar-refractivity contribution >= 4 is 28.3 Å². The van der Waals surface area contributed by atoms with Crippen LogP contribution in [0.2, 0.25) is 0 Å². The third-order valence-electron chi connectivity index (χ3n) is 6.26. The molecule has 8 heteroatoms. The second-order valence-corrected chi connectivity index (χ2v) is 9.79. The molecule has 1 aliphatic heterocycles. The standard InChI is InChI=1S/C25H29N3O4S/c1-16(17-5-3-2-4-6-17)13-23(29)28-24-21(15-26)20-8-7-19(14-22(20)33-24)32-25(30)27-18-9-11-31-12-10-18/h2-6,16,18-19H,7-14H2,1H3,(H,27,30)(H,28,29). The summed E-state index contributed by atoms with van der Waals surface area (Å²) in [6.45, 7) is 3.33. The van der Waals surface area contributed by atoms with Crippen LogP contribution in [-0.2, 0) is 27.1 Å². The molecule has 1 aromatic heterocycles. The Morgan fingerprint density at radius 3 is 2.73 bits per heavy atom. The average Bonchev–Trinajstić information content (AvgIpc) is 3.16. The van der Waals surface area contributed by atoms with E-state index in [1.54, 1.807) is 0 Å². The summed E-state index contributed by atoms with van der Waals surface area (Å²) in [5.41, 5.74) is 2.62. The van der Waals surface area contributed by atoms with E-state index < -0.39 is 6.09 Å². The van der Waals surface area contributed by atoms with Gasteiger partial charge in [-0.25, -0.2) is 4.79 Å². The predicted molar refractivity (Wildman–Crippen MR) is 126 cm³/mol. The van der Waals surface area contributed by atoms with E-state index in [9.17, 15) is 14.9 Å². The number of anilines is 1. The molecule has 0 saturated carbocycles. The number of hydrogen-bond acceptors (Lipinski definition) is 6. The number of thiophene rings is 1. The van der Waals surface area contributed by atoms with Gasteiger partial charge in [-0.15, -0.1) is 11.3 Å². The lowest BCUT2D eigenvalue weighted by molar-refractivity contribution is -0.116. The third kappa shape index (κ3) is 5.92. The van der Waals surface area contributed by atoms with Crippen molar-refractivity contribution in [2.24, 2.45) is 0 Å². The molecule has 0 radical (unpaired) electrons. The second-order valence-electron chi connectivity index (χ2n) is 8.68. The Bertz CT molecular complexity index is 1020. The van der Waals surface area contributed by atoms with Crippen molar-refractivity contribution in [3.8, 4) is 6.07 Å². The molecular formula is C25H29N3O4S. The first-order valence-electron chi connectivity index (χ1n) is 11.5. The van der Waals surface area contributed by atoms with Crippen LogP contribution in [0.4, 0.5) is 9.80 Å². The Labute approximate surface area is 198 Å². The zero-order valence-corrected chi connectivity index (χ0v) is 19.6. The van der Waals surface area contributed by atoms with Gasteiger partial charge in [0.05, 0.1) is 5.56 Å². The molecule has 4 rings (SSSR count). The van der Waals surface area contributed by atoms with Crippen LogP contribution in [0.25, 0.3) is 0 Å². The number of nitriles is 1. The molecular weight excluding hydrogens is 438 g/mol. The average molecular weight is 468 g/mol. The molecule has 0 bridgehead atoms. The minimum Gasteiger partial charge on any atom is -0.446 e. The second kappa shape index (κ2) is 10.8. The molecule has 33 heavy (non-hydrogen) atoms. The zero-order valence-electron chi connectivity index (χ0n) is 18.8. The fraction of sp³-hybridized carbons (Fsp3) is 0.480. The highest BCUT2D eigenvalue weighted by atomic mass is 32.1. The van der Waals surface area contributed by atoms with E-state index in [0.717, 1.165) is 28.8 Å². The van der Waals surface area contributed by atoms with Gasteiger partial charge in [-0.1, -0.05) is 37.3 Å². The number of rotatable bonds is 6. The van der Waals surface area contributed by atoms with Gasteiger partial charge in [-0.3, -0.25) is 4.79 Å². The molecule has 1 saturated heterocycles. The Hall–Kier alpha value is -2.89. The largest absolute Gasteiger partial charge is 0.446 e. The summed E-state index contributed by atoms with van der Waals surface area (Å²) in [6.07, 6.45) is 3.19. The molecule has 0 spiro atoms. The fourth-order valence-corrected chi connectivity index (χ4v) is 5.69. The van der Waals surface area contributed by atoms with Gasteiger partial charge < -0.3 is 20.1 Å². The smallest absolute Gasteiger partial charge is 0.407 e. The van der Waals surface area contributed by atoms with E-state index >= 15 is 0 Å². The monoisotopic (exact) mass is 467 g/mol. The quantitative estimate of drug-likeness (QED) is 0.651. The first kappa shape index (κ1) is 23.3. The summed E-state index contributed by atoms with van der Waals surface area (Å²) in [6, 6.07) is 12.3. The predicted octanol–water partition coefficient (Wildman–Crippen LogP) is 4.51. The maximum Gasteiger partial charge on any atom is 0.407 e. The number of amides is 2. The third-order valence-corrected chi connectivity index (χ3v) is 7.43. The number of ether oxygens (including phenoxy) is 2. The molecule has 1 aromatic carbocycles. The van der Waals surface area contributed by atoms with E-state index in [2.05, 4.69) is 16.7 Å². The van der Waals surface area contributed by atoms with Gasteiger partial charge in [0, 0.05) is 37.0 Å². The van der Waals surface area contributed by atoms with E-state index in [1.807, 2.05) is 37.3 Å². The van der Waals surface area contributed by atoms with E-state index in [4.69, 9.17) is 9.47 Å². The van der Waals surface area contributed by atoms with Crippen LogP contribution < -0.4 is 10.6 Å². The van der Waals surface area contributed by atoms with Gasteiger partial charge in [0.1, 0.15) is 17.2 Å². The number of fused-ring (bicyclic) bond motifs is 1. The number of nitrogens with zero attached hydrogens (tertiary/aromatic N) is 1. The maximum absolute atomic E-state index is 12.7. The Balaban J connectivity index is 1.35. The van der Waals surface area contributed by atoms with E-state index in [1.165, 1.54) is 11.3 Å². The summed E-state index contributed by atoms with van der Waals surface area (Å²) in [5.74, 6) is -0.0246. The van der Waals surface area contributed by atoms with Crippen LogP contribution in [0.3, 0.4) is 0 Å². The van der Waals surface area contributed by atoms with Gasteiger partial charge in [0.2, 0.25) is 5.91 Å². The lowest BCUT2D eigenvalue weighted by Gasteiger charge is -2.26. The number of carbonyl (C=O) groups is 2. The molecule has 2 N–H and O–H groups in total. The first-order valence-corrected chi connectivity index (χ1v) is 12.3. The van der Waals surface area contributed by atoms with Gasteiger partial charge in [0.25, 0.3) is 0 Å². The van der Waals surface area contributed by atoms with Gasteiger partial charge in [0.15, 0.2) is 0 Å². The summed E-state index contributed by atoms with van der Waals surface area (Å²) in [7, 11) is 0. The number of hydrogen-bond donors (Lipinski definition) is 2. The number of nitrogens with one attached hydrogen (secondary N) is 2. The molecule has 2 heterocycles. The maximum atomic E-state index is 12.7. The van der Waals surface area contributed by atoms with Crippen molar-refractivity contribution in [3.63, 3.8) is 0 Å². The van der Waals surface area contributed by atoms with Crippen LogP contribution in [0.1, 0.15) is 60.1 Å². The summed E-state index contributed by atoms with van der Waals surface area (Å²) in [4.78, 5) is 26.0. The molecule has 2 atom stereocenters. The van der Waals surface area contributed by atoms with Crippen molar-refractivity contribution < 1.29 is 19.1 Å². The van der Waals surface area contributed by atoms with Crippen molar-refractivity contribution in [1.82, 2.24) is 5.32 Å². The normalized spacial score (nSPS) is 19.1. The molecule has 174 valence electrons. The molecule has 1 fully saturated rings. The minimum atomic E-state index is -0.393. The molecule has 2 amide bonds. The summed E-state index contributed by atoms with van der Waals surface area (Å²) < 4.78 is 11.0. The lowest BCUT2D eigenvalue weighted by atomic mass is 9.93. The van der Waals surface area contributed by atoms with Gasteiger partial charge in [-0.05, 0) is 42.7 Å². The highest BCUT2D eigenvalue weighted by molar-refractivity contribution is 7.16. The molecule has 7 nitrogen and oxygen atoms in total. The van der Waals surface area contributed by atoms with Crippen molar-refractivity contribution in [2.75, 3.05) is 18.5 Å². The number of benzene rings is 1. The van der Waals surface area contributed by atoms with E-state index in [-0.39, 0.29) is 24.0 Å². The number of alkyl carbamates (subject to hydrolysis) is 1. The van der Waals surface area contributed by atoms with Crippen molar-refractivity contribution in [2.45, 2.75) is 63.5 Å². The van der Waals surface area contributed by atoms with Crippen molar-refractivity contribution in [3.05, 3.63) is 51.9 Å². The number of carbonyl (C=O) groups excluding carboxylic acids is 2. The fourth-order valence-electron chi connectivity index (χ4n) is 4.41. The van der Waals surface area contributed by atoms with Crippen LogP contribution in [0.15, 0.2) is 30.3 Å². The van der Waals surface area contributed by atoms with Crippen molar-refractivity contribution in [1.29, 1.82) is 5.26 Å². The Kier molecular flexibility index (Phi) is 7.63. The SMILES string of the molecule is CC(CC(=O)Nc1sc2c(c1C#N)CCC(OC(=O)NC1CCOCC1)C2)c1ccccc1. The summed E-state index contributed by atoms with van der Waals surface area (Å²) >= 11 is 1.42. The summed E-state index contributed by atoms with van der Waals surface area (Å²) in [5, 5.41) is 16.2. The van der Waals surface area contributed by atoms with Crippen LogP contribution >= 0.6 is 11.3 Å². The Morgan fingerprint density at radius 1 is 1.24 bits per heavy atom. The minimum absolute atomic E-state index is 0.0818. The molecule has 2 aromatic rings. The lowest BCUT2D eigenvalue weighted by Crippen LogP contribution is -2.41. The molecule has 2 unspecified atom stereocenters. The zero-order chi connectivity index (χ0) is 23.2. The Morgan fingerprint density at radius 2 is 2.00 bits per heavy atom. The topological polar surface area (TPSA) is 100 Å².